The minimum Gasteiger partial charge on any atom is -0.396 e. The van der Waals surface area contributed by atoms with Gasteiger partial charge in [-0.15, -0.1) is 0 Å². The van der Waals surface area contributed by atoms with Crippen LogP contribution in [0.3, 0.4) is 0 Å². The van der Waals surface area contributed by atoms with Crippen LogP contribution in [0.15, 0.2) is 0 Å². The van der Waals surface area contributed by atoms with Gasteiger partial charge in [-0.05, 0) is 13.3 Å². The van der Waals surface area contributed by atoms with Crippen molar-refractivity contribution in [3.63, 3.8) is 0 Å². The number of aliphatic hydroxyl groups is 2. The van der Waals surface area contributed by atoms with Crippen molar-refractivity contribution in [3.05, 3.63) is 6.42 Å². The van der Waals surface area contributed by atoms with Gasteiger partial charge < -0.3 is 15.9 Å². The van der Waals surface area contributed by atoms with Gasteiger partial charge in [0.2, 0.25) is 5.91 Å². The monoisotopic (exact) mass is 146 g/mol. The molecule has 0 fully saturated rings. The minimum absolute atomic E-state index is 0.0938. The van der Waals surface area contributed by atoms with Crippen molar-refractivity contribution in [2.45, 2.75) is 18.9 Å². The third-order valence-corrected chi connectivity index (χ3v) is 1.17. The topological polar surface area (TPSA) is 83.6 Å². The second-order valence-electron chi connectivity index (χ2n) is 2.23. The Morgan fingerprint density at radius 2 is 2.30 bits per heavy atom. The van der Waals surface area contributed by atoms with Crippen molar-refractivity contribution < 1.29 is 15.0 Å². The van der Waals surface area contributed by atoms with Gasteiger partial charge in [-0.1, -0.05) is 0 Å². The fourth-order valence-electron chi connectivity index (χ4n) is 0.446. The zero-order valence-corrected chi connectivity index (χ0v) is 5.87. The molecule has 0 aromatic heterocycles. The molecule has 0 rings (SSSR count). The lowest BCUT2D eigenvalue weighted by Gasteiger charge is -2.17. The van der Waals surface area contributed by atoms with E-state index in [-0.39, 0.29) is 13.0 Å². The van der Waals surface area contributed by atoms with E-state index in [0.29, 0.717) is 0 Å². The van der Waals surface area contributed by atoms with Crippen molar-refractivity contribution in [3.8, 4) is 0 Å². The summed E-state index contributed by atoms with van der Waals surface area (Å²) >= 11 is 0. The van der Waals surface area contributed by atoms with Crippen molar-refractivity contribution in [1.29, 1.82) is 0 Å². The largest absolute Gasteiger partial charge is 0.396 e. The van der Waals surface area contributed by atoms with Gasteiger partial charge in [0.25, 0.3) is 0 Å². The van der Waals surface area contributed by atoms with E-state index in [4.69, 9.17) is 15.9 Å². The third kappa shape index (κ3) is 2.80. The highest BCUT2D eigenvalue weighted by Gasteiger charge is 2.26. The first-order chi connectivity index (χ1) is 4.50. The van der Waals surface area contributed by atoms with Crippen LogP contribution in [0.25, 0.3) is 0 Å². The van der Waals surface area contributed by atoms with Gasteiger partial charge in [0, 0.05) is 13.0 Å². The van der Waals surface area contributed by atoms with Crippen LogP contribution in [0.4, 0.5) is 0 Å². The van der Waals surface area contributed by atoms with Crippen LogP contribution in [0.2, 0.25) is 0 Å². The highest BCUT2D eigenvalue weighted by molar-refractivity contribution is 5.84. The van der Waals surface area contributed by atoms with E-state index in [1.54, 1.807) is 0 Å². The molecule has 0 heterocycles. The van der Waals surface area contributed by atoms with Crippen LogP contribution in [0, 0.1) is 6.42 Å². The molecule has 1 unspecified atom stereocenters. The van der Waals surface area contributed by atoms with E-state index in [1.165, 1.54) is 13.3 Å². The molecule has 1 atom stereocenters. The molecule has 0 aromatic carbocycles. The van der Waals surface area contributed by atoms with Gasteiger partial charge in [0.15, 0.2) is 0 Å². The maximum Gasteiger partial charge on any atom is 0.249 e. The molecular weight excluding hydrogens is 134 g/mol. The van der Waals surface area contributed by atoms with Crippen molar-refractivity contribution in [2.75, 3.05) is 6.61 Å². The van der Waals surface area contributed by atoms with Gasteiger partial charge in [0.05, 0.1) is 0 Å². The van der Waals surface area contributed by atoms with E-state index >= 15 is 0 Å². The van der Waals surface area contributed by atoms with E-state index in [2.05, 4.69) is 0 Å². The molecule has 1 amide bonds. The first-order valence-corrected chi connectivity index (χ1v) is 2.98. The fourth-order valence-corrected chi connectivity index (χ4v) is 0.446. The summed E-state index contributed by atoms with van der Waals surface area (Å²) in [5.74, 6) is -0.805. The maximum absolute atomic E-state index is 10.4. The normalized spacial score (nSPS) is 16.3. The van der Waals surface area contributed by atoms with Crippen LogP contribution >= 0.6 is 0 Å². The number of amides is 1. The number of carbonyl (C=O) groups is 1. The zero-order valence-electron chi connectivity index (χ0n) is 5.87. The molecular formula is C6H12NO3. The molecule has 4 heteroatoms. The lowest BCUT2D eigenvalue weighted by Crippen LogP contribution is -2.41. The molecule has 4 N–H and O–H groups in total. The summed E-state index contributed by atoms with van der Waals surface area (Å²) in [5, 5.41) is 17.4. The molecule has 0 aliphatic heterocycles. The number of primary amides is 1. The highest BCUT2D eigenvalue weighted by atomic mass is 16.3. The van der Waals surface area contributed by atoms with Gasteiger partial charge >= 0.3 is 0 Å². The average Bonchev–Trinajstić information content (AvgIpc) is 1.84. The van der Waals surface area contributed by atoms with Crippen molar-refractivity contribution >= 4 is 5.91 Å². The van der Waals surface area contributed by atoms with Gasteiger partial charge in [0.1, 0.15) is 5.60 Å². The summed E-state index contributed by atoms with van der Waals surface area (Å²) in [6.45, 7) is 1.19. The molecule has 0 bridgehead atoms. The predicted octanol–water partition coefficient (Wildman–Crippen LogP) is -1.19. The predicted molar refractivity (Wildman–Crippen MR) is 35.8 cm³/mol. The van der Waals surface area contributed by atoms with Crippen molar-refractivity contribution in [1.82, 2.24) is 0 Å². The molecule has 0 saturated heterocycles. The molecule has 0 saturated carbocycles. The summed E-state index contributed by atoms with van der Waals surface area (Å²) in [6.07, 6.45) is 1.53. The average molecular weight is 146 g/mol. The van der Waals surface area contributed by atoms with Crippen LogP contribution < -0.4 is 5.73 Å². The van der Waals surface area contributed by atoms with Gasteiger partial charge in [-0.2, -0.15) is 0 Å². The summed E-state index contributed by atoms with van der Waals surface area (Å²) in [5.41, 5.74) is 3.21. The molecule has 10 heavy (non-hydrogen) atoms. The third-order valence-electron chi connectivity index (χ3n) is 1.17. The van der Waals surface area contributed by atoms with Crippen molar-refractivity contribution in [2.24, 2.45) is 5.73 Å². The Bertz CT molecular complexity index is 122. The SMILES string of the molecule is CC(O)([CH]CCO)C(N)=O. The molecule has 0 spiro atoms. The highest BCUT2D eigenvalue weighted by Crippen LogP contribution is 2.08. The Morgan fingerprint density at radius 1 is 1.80 bits per heavy atom. The Hall–Kier alpha value is -0.610. The Labute approximate surface area is 59.7 Å². The van der Waals surface area contributed by atoms with E-state index in [1.807, 2.05) is 0 Å². The molecule has 0 aromatic rings. The fraction of sp³-hybridized carbons (Fsp3) is 0.667. The van der Waals surface area contributed by atoms with Crippen LogP contribution in [-0.4, -0.2) is 28.3 Å². The number of nitrogens with two attached hydrogens (primary N) is 1. The Balaban J connectivity index is 3.75. The number of hydrogen-bond acceptors (Lipinski definition) is 3. The van der Waals surface area contributed by atoms with Crippen LogP contribution in [-0.2, 0) is 4.79 Å². The Kier molecular flexibility index (Phi) is 3.32. The number of hydrogen-bond donors (Lipinski definition) is 3. The van der Waals surface area contributed by atoms with E-state index in [9.17, 15) is 4.79 Å². The number of carbonyl (C=O) groups excluding carboxylic acids is 1. The first kappa shape index (κ1) is 9.39. The summed E-state index contributed by atoms with van der Waals surface area (Å²) in [6, 6.07) is 0. The molecule has 1 radical (unpaired) electrons. The second kappa shape index (κ2) is 3.53. The van der Waals surface area contributed by atoms with E-state index < -0.39 is 11.5 Å². The quantitative estimate of drug-likeness (QED) is 0.466. The first-order valence-electron chi connectivity index (χ1n) is 2.98. The summed E-state index contributed by atoms with van der Waals surface area (Å²) in [4.78, 5) is 10.4. The Morgan fingerprint density at radius 3 is 2.60 bits per heavy atom. The molecule has 0 aliphatic rings. The molecule has 59 valence electrons. The maximum atomic E-state index is 10.4. The lowest BCUT2D eigenvalue weighted by molar-refractivity contribution is -0.131. The number of rotatable bonds is 4. The summed E-state index contributed by atoms with van der Waals surface area (Å²) < 4.78 is 0. The van der Waals surface area contributed by atoms with Crippen LogP contribution in [0.1, 0.15) is 13.3 Å². The molecule has 4 nitrogen and oxygen atoms in total. The van der Waals surface area contributed by atoms with Crippen LogP contribution in [0.5, 0.6) is 0 Å². The molecule has 0 aliphatic carbocycles. The minimum atomic E-state index is -1.59. The lowest BCUT2D eigenvalue weighted by atomic mass is 10.0. The van der Waals surface area contributed by atoms with E-state index in [0.717, 1.165) is 0 Å². The smallest absolute Gasteiger partial charge is 0.249 e. The standard InChI is InChI=1S/C6H12NO3/c1-6(10,5(7)9)3-2-4-8/h3,8,10H,2,4H2,1H3,(H2,7,9). The second-order valence-corrected chi connectivity index (χ2v) is 2.23. The van der Waals surface area contributed by atoms with Gasteiger partial charge in [-0.25, -0.2) is 0 Å². The summed E-state index contributed by atoms with van der Waals surface area (Å²) in [7, 11) is 0. The number of aliphatic hydroxyl groups excluding tert-OH is 1. The zero-order chi connectivity index (χ0) is 8.20. The van der Waals surface area contributed by atoms with Gasteiger partial charge in [-0.3, -0.25) is 4.79 Å².